The van der Waals surface area contributed by atoms with E-state index >= 15 is 0 Å². The number of nitrogens with two attached hydrogens (primary N) is 2. The molecule has 5 nitrogen and oxygen atoms in total. The van der Waals surface area contributed by atoms with Crippen molar-refractivity contribution in [3.05, 3.63) is 23.8 Å². The van der Waals surface area contributed by atoms with Gasteiger partial charge in [0.15, 0.2) is 0 Å². The van der Waals surface area contributed by atoms with Crippen LogP contribution in [0.1, 0.15) is 23.2 Å². The fraction of sp³-hybridized carbons (Fsp3) is 0.500. The molecule has 1 aromatic carbocycles. The molecule has 1 aromatic rings. The van der Waals surface area contributed by atoms with E-state index in [-0.39, 0.29) is 0 Å². The molecule has 1 amide bonds. The van der Waals surface area contributed by atoms with E-state index in [1.54, 1.807) is 25.3 Å². The number of hydrogen-bond acceptors (Lipinski definition) is 4. The van der Waals surface area contributed by atoms with Gasteiger partial charge < -0.3 is 21.1 Å². The van der Waals surface area contributed by atoms with Gasteiger partial charge in [-0.2, -0.15) is 0 Å². The predicted octanol–water partition coefficient (Wildman–Crippen LogP) is 1.23. The van der Waals surface area contributed by atoms with Gasteiger partial charge in [0.1, 0.15) is 0 Å². The van der Waals surface area contributed by atoms with Gasteiger partial charge in [-0.05, 0) is 37.0 Å². The summed E-state index contributed by atoms with van der Waals surface area (Å²) in [4.78, 5) is 13.4. The maximum absolute atomic E-state index is 11.2. The molecular weight excluding hydrogens is 242 g/mol. The largest absolute Gasteiger partial charge is 0.397 e. The van der Waals surface area contributed by atoms with E-state index < -0.39 is 5.91 Å². The number of amides is 1. The fourth-order valence-corrected chi connectivity index (χ4v) is 2.55. The van der Waals surface area contributed by atoms with Gasteiger partial charge in [0.05, 0.1) is 11.4 Å². The van der Waals surface area contributed by atoms with Crippen molar-refractivity contribution in [2.75, 3.05) is 37.4 Å². The lowest BCUT2D eigenvalue weighted by atomic mass is 9.97. The number of hydrogen-bond donors (Lipinski definition) is 2. The molecule has 1 saturated heterocycles. The highest BCUT2D eigenvalue weighted by Gasteiger charge is 2.21. The number of primary amides is 1. The number of benzene rings is 1. The van der Waals surface area contributed by atoms with E-state index in [2.05, 4.69) is 4.90 Å². The maximum atomic E-state index is 11.2. The first-order valence-corrected chi connectivity index (χ1v) is 6.55. The van der Waals surface area contributed by atoms with Crippen molar-refractivity contribution >= 4 is 17.3 Å². The Morgan fingerprint density at radius 1 is 1.42 bits per heavy atom. The Labute approximate surface area is 113 Å². The number of methoxy groups -OCH3 is 1. The van der Waals surface area contributed by atoms with Crippen molar-refractivity contribution in [2.24, 2.45) is 11.7 Å². The molecular formula is C14H21N3O2. The molecule has 0 spiro atoms. The van der Waals surface area contributed by atoms with Gasteiger partial charge in [-0.25, -0.2) is 0 Å². The first kappa shape index (κ1) is 13.7. The number of nitrogens with zero attached hydrogens (tertiary/aromatic N) is 1. The molecule has 0 aliphatic carbocycles. The number of carbonyl (C=O) groups is 1. The fourth-order valence-electron chi connectivity index (χ4n) is 2.55. The molecule has 19 heavy (non-hydrogen) atoms. The van der Waals surface area contributed by atoms with Crippen molar-refractivity contribution in [1.82, 2.24) is 0 Å². The summed E-state index contributed by atoms with van der Waals surface area (Å²) in [7, 11) is 1.74. The molecule has 4 N–H and O–H groups in total. The molecule has 0 atom stereocenters. The highest BCUT2D eigenvalue weighted by Crippen LogP contribution is 2.29. The molecule has 0 bridgehead atoms. The summed E-state index contributed by atoms with van der Waals surface area (Å²) in [6.07, 6.45) is 2.15. The number of piperidine rings is 1. The van der Waals surface area contributed by atoms with E-state index in [0.29, 0.717) is 17.2 Å². The zero-order chi connectivity index (χ0) is 13.8. The lowest BCUT2D eigenvalue weighted by molar-refractivity contribution is 0.100. The van der Waals surface area contributed by atoms with Gasteiger partial charge in [-0.1, -0.05) is 0 Å². The molecule has 0 aromatic heterocycles. The van der Waals surface area contributed by atoms with E-state index in [9.17, 15) is 4.79 Å². The molecule has 1 aliphatic rings. The van der Waals surface area contributed by atoms with E-state index in [1.807, 2.05) is 0 Å². The monoisotopic (exact) mass is 263 g/mol. The summed E-state index contributed by atoms with van der Waals surface area (Å²) in [5, 5.41) is 0. The lowest BCUT2D eigenvalue weighted by Crippen LogP contribution is -2.35. The minimum atomic E-state index is -0.421. The minimum Gasteiger partial charge on any atom is -0.397 e. The summed E-state index contributed by atoms with van der Waals surface area (Å²) < 4.78 is 5.19. The number of anilines is 2. The van der Waals surface area contributed by atoms with Crippen LogP contribution in [0, 0.1) is 5.92 Å². The summed E-state index contributed by atoms with van der Waals surface area (Å²) in [5.41, 5.74) is 13.4. The van der Waals surface area contributed by atoms with Gasteiger partial charge in [0, 0.05) is 32.4 Å². The molecule has 1 aliphatic heterocycles. The third-order valence-corrected chi connectivity index (χ3v) is 3.67. The lowest BCUT2D eigenvalue weighted by Gasteiger charge is -2.34. The van der Waals surface area contributed by atoms with Crippen LogP contribution in [0.15, 0.2) is 18.2 Å². The summed E-state index contributed by atoms with van der Waals surface area (Å²) in [6.45, 7) is 2.67. The minimum absolute atomic E-state index is 0.421. The Balaban J connectivity index is 2.10. The van der Waals surface area contributed by atoms with Crippen molar-refractivity contribution in [2.45, 2.75) is 12.8 Å². The van der Waals surface area contributed by atoms with Gasteiger partial charge in [0.2, 0.25) is 5.91 Å². The topological polar surface area (TPSA) is 81.6 Å². The second-order valence-electron chi connectivity index (χ2n) is 5.02. The van der Waals surface area contributed by atoms with Crippen LogP contribution < -0.4 is 16.4 Å². The molecule has 0 unspecified atom stereocenters. The standard InChI is InChI=1S/C14H21N3O2/c1-19-9-10-4-6-17(7-5-10)13-8-11(14(16)18)2-3-12(13)15/h2-3,8,10H,4-7,9,15H2,1H3,(H2,16,18). The van der Waals surface area contributed by atoms with E-state index in [1.165, 1.54) is 0 Å². The smallest absolute Gasteiger partial charge is 0.248 e. The van der Waals surface area contributed by atoms with Crippen LogP contribution in [0.5, 0.6) is 0 Å². The molecule has 1 heterocycles. The van der Waals surface area contributed by atoms with Gasteiger partial charge in [0.25, 0.3) is 0 Å². The molecule has 1 fully saturated rings. The van der Waals surface area contributed by atoms with E-state index in [4.69, 9.17) is 16.2 Å². The molecule has 0 radical (unpaired) electrons. The van der Waals surface area contributed by atoms with Crippen LogP contribution in [-0.4, -0.2) is 32.7 Å². The number of rotatable bonds is 4. The van der Waals surface area contributed by atoms with Crippen molar-refractivity contribution in [3.8, 4) is 0 Å². The molecule has 104 valence electrons. The SMILES string of the molecule is COCC1CCN(c2cc(C(N)=O)ccc2N)CC1. The van der Waals surface area contributed by atoms with Crippen LogP contribution in [0.3, 0.4) is 0 Å². The number of carbonyl (C=O) groups excluding carboxylic acids is 1. The van der Waals surface area contributed by atoms with Crippen LogP contribution >= 0.6 is 0 Å². The Hall–Kier alpha value is -1.75. The Morgan fingerprint density at radius 2 is 2.11 bits per heavy atom. The predicted molar refractivity (Wildman–Crippen MR) is 76.2 cm³/mol. The second kappa shape index (κ2) is 5.93. The highest BCUT2D eigenvalue weighted by atomic mass is 16.5. The molecule has 2 rings (SSSR count). The third-order valence-electron chi connectivity index (χ3n) is 3.67. The summed E-state index contributed by atoms with van der Waals surface area (Å²) in [6, 6.07) is 5.20. The van der Waals surface area contributed by atoms with Gasteiger partial charge >= 0.3 is 0 Å². The van der Waals surface area contributed by atoms with Crippen LogP contribution in [0.4, 0.5) is 11.4 Å². The highest BCUT2D eigenvalue weighted by molar-refractivity contribution is 5.95. The number of ether oxygens (including phenoxy) is 1. The zero-order valence-electron chi connectivity index (χ0n) is 11.3. The van der Waals surface area contributed by atoms with Crippen LogP contribution in [0.25, 0.3) is 0 Å². The quantitative estimate of drug-likeness (QED) is 0.801. The summed E-state index contributed by atoms with van der Waals surface area (Å²) >= 11 is 0. The number of nitrogen functional groups attached to an aromatic ring is 1. The molecule has 0 saturated carbocycles. The third kappa shape index (κ3) is 3.17. The van der Waals surface area contributed by atoms with Crippen molar-refractivity contribution in [1.29, 1.82) is 0 Å². The average molecular weight is 263 g/mol. The Bertz CT molecular complexity index is 454. The summed E-state index contributed by atoms with van der Waals surface area (Å²) in [5.74, 6) is 0.192. The van der Waals surface area contributed by atoms with Crippen molar-refractivity contribution < 1.29 is 9.53 Å². The first-order valence-electron chi connectivity index (χ1n) is 6.55. The second-order valence-corrected chi connectivity index (χ2v) is 5.02. The maximum Gasteiger partial charge on any atom is 0.248 e. The van der Waals surface area contributed by atoms with Gasteiger partial charge in [-0.15, -0.1) is 0 Å². The van der Waals surface area contributed by atoms with E-state index in [0.717, 1.165) is 38.2 Å². The average Bonchev–Trinajstić information content (AvgIpc) is 2.40. The van der Waals surface area contributed by atoms with Crippen LogP contribution in [-0.2, 0) is 4.74 Å². The Kier molecular flexibility index (Phi) is 4.27. The van der Waals surface area contributed by atoms with Gasteiger partial charge in [-0.3, -0.25) is 4.79 Å². The normalized spacial score (nSPS) is 16.6. The van der Waals surface area contributed by atoms with Crippen molar-refractivity contribution in [3.63, 3.8) is 0 Å². The Morgan fingerprint density at radius 3 is 2.68 bits per heavy atom. The first-order chi connectivity index (χ1) is 9.11. The zero-order valence-corrected chi connectivity index (χ0v) is 11.3. The van der Waals surface area contributed by atoms with Crippen LogP contribution in [0.2, 0.25) is 0 Å². The molecule has 5 heteroatoms.